The lowest BCUT2D eigenvalue weighted by Gasteiger charge is -2.30. The molecule has 0 aromatic rings. The first-order valence-electron chi connectivity index (χ1n) is 6.50. The lowest BCUT2D eigenvalue weighted by molar-refractivity contribution is -0.142. The van der Waals surface area contributed by atoms with Gasteiger partial charge >= 0.3 is 5.97 Å². The van der Waals surface area contributed by atoms with Crippen molar-refractivity contribution in [3.8, 4) is 0 Å². The molecule has 0 aromatic heterocycles. The third kappa shape index (κ3) is 7.81. The standard InChI is InChI=1S/C13H24N2O5S/c1-6-7-8-9(12(17)18)14-11(16)10(13(2,3)4)15-21(5,19)20/h6,9-10,15H,1,7-8H2,2-5H3,(H,14,16)(H,17,18). The van der Waals surface area contributed by atoms with Crippen LogP contribution >= 0.6 is 0 Å². The van der Waals surface area contributed by atoms with Crippen LogP contribution in [0, 0.1) is 5.41 Å². The van der Waals surface area contributed by atoms with E-state index in [1.54, 1.807) is 26.8 Å². The minimum atomic E-state index is -3.60. The number of sulfonamides is 1. The molecule has 0 saturated carbocycles. The van der Waals surface area contributed by atoms with Crippen LogP contribution in [0.5, 0.6) is 0 Å². The van der Waals surface area contributed by atoms with Crippen molar-refractivity contribution in [2.24, 2.45) is 5.41 Å². The molecule has 1 amide bonds. The Morgan fingerprint density at radius 2 is 1.86 bits per heavy atom. The number of amides is 1. The molecular weight excluding hydrogens is 296 g/mol. The fourth-order valence-corrected chi connectivity index (χ4v) is 2.52. The molecule has 0 saturated heterocycles. The monoisotopic (exact) mass is 320 g/mol. The van der Waals surface area contributed by atoms with Gasteiger partial charge in [-0.2, -0.15) is 0 Å². The number of carbonyl (C=O) groups excluding carboxylic acids is 1. The van der Waals surface area contributed by atoms with Crippen LogP contribution < -0.4 is 10.0 Å². The first-order valence-corrected chi connectivity index (χ1v) is 8.39. The highest BCUT2D eigenvalue weighted by Crippen LogP contribution is 2.20. The van der Waals surface area contributed by atoms with Gasteiger partial charge in [-0.1, -0.05) is 26.8 Å². The van der Waals surface area contributed by atoms with E-state index in [2.05, 4.69) is 16.6 Å². The molecule has 7 nitrogen and oxygen atoms in total. The number of carboxylic acids is 1. The minimum absolute atomic E-state index is 0.195. The summed E-state index contributed by atoms with van der Waals surface area (Å²) in [6.07, 6.45) is 3.13. The summed E-state index contributed by atoms with van der Waals surface area (Å²) >= 11 is 0. The molecule has 0 bridgehead atoms. The van der Waals surface area contributed by atoms with Gasteiger partial charge < -0.3 is 10.4 Å². The van der Waals surface area contributed by atoms with Crippen molar-refractivity contribution in [1.29, 1.82) is 0 Å². The zero-order valence-electron chi connectivity index (χ0n) is 12.8. The Bertz CT molecular complexity index is 493. The number of allylic oxidation sites excluding steroid dienone is 1. The van der Waals surface area contributed by atoms with Gasteiger partial charge in [0.2, 0.25) is 15.9 Å². The maximum atomic E-state index is 12.2. The van der Waals surface area contributed by atoms with E-state index in [9.17, 15) is 18.0 Å². The number of aliphatic carboxylic acids is 1. The second kappa shape index (κ2) is 7.56. The summed E-state index contributed by atoms with van der Waals surface area (Å²) in [6.45, 7) is 8.56. The minimum Gasteiger partial charge on any atom is -0.480 e. The highest BCUT2D eigenvalue weighted by Gasteiger charge is 2.35. The quantitative estimate of drug-likeness (QED) is 0.563. The molecule has 0 fully saturated rings. The number of hydrogen-bond donors (Lipinski definition) is 3. The molecule has 0 heterocycles. The van der Waals surface area contributed by atoms with Gasteiger partial charge in [0, 0.05) is 0 Å². The molecule has 0 aliphatic carbocycles. The van der Waals surface area contributed by atoms with E-state index in [1.165, 1.54) is 0 Å². The summed E-state index contributed by atoms with van der Waals surface area (Å²) in [4.78, 5) is 23.3. The van der Waals surface area contributed by atoms with E-state index < -0.39 is 39.4 Å². The number of hydrogen-bond acceptors (Lipinski definition) is 4. The maximum Gasteiger partial charge on any atom is 0.326 e. The Morgan fingerprint density at radius 3 is 2.19 bits per heavy atom. The first-order chi connectivity index (χ1) is 9.38. The van der Waals surface area contributed by atoms with Crippen molar-refractivity contribution in [3.63, 3.8) is 0 Å². The third-order valence-corrected chi connectivity index (χ3v) is 3.40. The van der Waals surface area contributed by atoms with Crippen molar-refractivity contribution in [2.45, 2.75) is 45.7 Å². The van der Waals surface area contributed by atoms with E-state index >= 15 is 0 Å². The van der Waals surface area contributed by atoms with Crippen molar-refractivity contribution in [2.75, 3.05) is 6.26 Å². The Morgan fingerprint density at radius 1 is 1.33 bits per heavy atom. The molecule has 8 heteroatoms. The second-order valence-electron chi connectivity index (χ2n) is 5.95. The Balaban J connectivity index is 5.11. The SMILES string of the molecule is C=CCCC(NC(=O)C(NS(C)(=O)=O)C(C)(C)C)C(=O)O. The molecule has 122 valence electrons. The molecule has 21 heavy (non-hydrogen) atoms. The molecular formula is C13H24N2O5S. The molecule has 2 unspecified atom stereocenters. The van der Waals surface area contributed by atoms with Crippen LogP contribution in [-0.4, -0.2) is 43.7 Å². The number of rotatable bonds is 8. The van der Waals surface area contributed by atoms with Gasteiger partial charge in [-0.3, -0.25) is 4.79 Å². The third-order valence-electron chi connectivity index (χ3n) is 2.73. The topological polar surface area (TPSA) is 113 Å². The molecule has 3 N–H and O–H groups in total. The molecule has 0 spiro atoms. The molecule has 2 atom stereocenters. The Labute approximate surface area is 125 Å². The number of nitrogens with one attached hydrogen (secondary N) is 2. The molecule has 0 aliphatic rings. The van der Waals surface area contributed by atoms with E-state index in [0.717, 1.165) is 6.26 Å². The van der Waals surface area contributed by atoms with Crippen LogP contribution in [0.25, 0.3) is 0 Å². The second-order valence-corrected chi connectivity index (χ2v) is 7.73. The van der Waals surface area contributed by atoms with Crippen LogP contribution in [-0.2, 0) is 19.6 Å². The van der Waals surface area contributed by atoms with Gasteiger partial charge in [-0.05, 0) is 18.3 Å². The van der Waals surface area contributed by atoms with Crippen LogP contribution in [0.3, 0.4) is 0 Å². The van der Waals surface area contributed by atoms with Gasteiger partial charge in [-0.25, -0.2) is 17.9 Å². The van der Waals surface area contributed by atoms with Gasteiger partial charge in [0.15, 0.2) is 0 Å². The predicted octanol–water partition coefficient (Wildman–Crippen LogP) is 0.486. The summed E-state index contributed by atoms with van der Waals surface area (Å²) in [5.74, 6) is -1.83. The fourth-order valence-electron chi connectivity index (χ4n) is 1.63. The van der Waals surface area contributed by atoms with Crippen LogP contribution in [0.4, 0.5) is 0 Å². The zero-order valence-corrected chi connectivity index (χ0v) is 13.7. The molecule has 0 radical (unpaired) electrons. The molecule has 0 rings (SSSR count). The molecule has 0 aliphatic heterocycles. The van der Waals surface area contributed by atoms with Crippen molar-refractivity contribution in [1.82, 2.24) is 10.0 Å². The van der Waals surface area contributed by atoms with Crippen LogP contribution in [0.2, 0.25) is 0 Å². The summed E-state index contributed by atoms with van der Waals surface area (Å²) in [5, 5.41) is 11.4. The van der Waals surface area contributed by atoms with Gasteiger partial charge in [0.1, 0.15) is 12.1 Å². The highest BCUT2D eigenvalue weighted by molar-refractivity contribution is 7.88. The zero-order chi connectivity index (χ0) is 16.8. The van der Waals surface area contributed by atoms with Gasteiger partial charge in [-0.15, -0.1) is 6.58 Å². The van der Waals surface area contributed by atoms with E-state index in [-0.39, 0.29) is 6.42 Å². The predicted molar refractivity (Wildman–Crippen MR) is 80.2 cm³/mol. The first kappa shape index (κ1) is 19.6. The number of carboxylic acid groups (broad SMARTS) is 1. The average Bonchev–Trinajstić information content (AvgIpc) is 2.28. The lowest BCUT2D eigenvalue weighted by Crippen LogP contribution is -2.56. The summed E-state index contributed by atoms with van der Waals surface area (Å²) in [7, 11) is -3.60. The summed E-state index contributed by atoms with van der Waals surface area (Å²) < 4.78 is 25.0. The van der Waals surface area contributed by atoms with Gasteiger partial charge in [0.25, 0.3) is 0 Å². The van der Waals surface area contributed by atoms with Crippen molar-refractivity contribution >= 4 is 21.9 Å². The Hall–Kier alpha value is -1.41. The van der Waals surface area contributed by atoms with E-state index in [1.807, 2.05) is 0 Å². The normalized spacial score (nSPS) is 15.0. The lowest BCUT2D eigenvalue weighted by atomic mass is 9.86. The van der Waals surface area contributed by atoms with E-state index in [4.69, 9.17) is 5.11 Å². The van der Waals surface area contributed by atoms with E-state index in [0.29, 0.717) is 6.42 Å². The Kier molecular flexibility index (Phi) is 7.05. The van der Waals surface area contributed by atoms with Crippen LogP contribution in [0.1, 0.15) is 33.6 Å². The average molecular weight is 320 g/mol. The summed E-state index contributed by atoms with van der Waals surface area (Å²) in [5.41, 5.74) is -0.700. The van der Waals surface area contributed by atoms with Gasteiger partial charge in [0.05, 0.1) is 6.26 Å². The summed E-state index contributed by atoms with van der Waals surface area (Å²) in [6, 6.07) is -2.14. The highest BCUT2D eigenvalue weighted by atomic mass is 32.2. The number of carbonyl (C=O) groups is 2. The molecule has 0 aromatic carbocycles. The fraction of sp³-hybridized carbons (Fsp3) is 0.692. The smallest absolute Gasteiger partial charge is 0.326 e. The largest absolute Gasteiger partial charge is 0.480 e. The van der Waals surface area contributed by atoms with Crippen molar-refractivity contribution in [3.05, 3.63) is 12.7 Å². The van der Waals surface area contributed by atoms with Crippen LogP contribution in [0.15, 0.2) is 12.7 Å². The van der Waals surface area contributed by atoms with Crippen molar-refractivity contribution < 1.29 is 23.1 Å². The maximum absolute atomic E-state index is 12.2.